The zero-order valence-electron chi connectivity index (χ0n) is 25.5. The van der Waals surface area contributed by atoms with Gasteiger partial charge in [-0.25, -0.2) is 0 Å². The van der Waals surface area contributed by atoms with Gasteiger partial charge in [0.2, 0.25) is 0 Å². The SMILES string of the molecule is CCCCCCCCCC[C@@H](OS(=O)(=O)CCl)[C@@H]1CC[C@@H](CO[Si](c2ccccc2)(c2ccccc2)C(C)(C)C)O1. The number of benzene rings is 2. The Bertz CT molecular complexity index is 1070. The molecule has 41 heavy (non-hydrogen) atoms. The average molecular weight is 623 g/mol. The van der Waals surface area contributed by atoms with Crippen molar-refractivity contribution in [2.45, 2.75) is 122 Å². The molecule has 0 bridgehead atoms. The van der Waals surface area contributed by atoms with E-state index >= 15 is 0 Å². The molecule has 3 rings (SSSR count). The average Bonchev–Trinajstić information content (AvgIpc) is 3.43. The highest BCUT2D eigenvalue weighted by atomic mass is 35.5. The van der Waals surface area contributed by atoms with E-state index in [1.807, 2.05) is 12.1 Å². The van der Waals surface area contributed by atoms with Crippen molar-refractivity contribution in [2.24, 2.45) is 0 Å². The van der Waals surface area contributed by atoms with Gasteiger partial charge in [0.05, 0.1) is 18.8 Å². The molecule has 0 saturated carbocycles. The number of hydrogen-bond donors (Lipinski definition) is 0. The Morgan fingerprint density at radius 1 is 0.878 bits per heavy atom. The van der Waals surface area contributed by atoms with Crippen LogP contribution in [0.2, 0.25) is 5.04 Å². The summed E-state index contributed by atoms with van der Waals surface area (Å²) in [5.74, 6) is 0. The van der Waals surface area contributed by atoms with Crippen LogP contribution in [0.25, 0.3) is 0 Å². The Hall–Kier alpha value is -1.22. The smallest absolute Gasteiger partial charge is 0.281 e. The van der Waals surface area contributed by atoms with Crippen molar-refractivity contribution in [3.05, 3.63) is 60.7 Å². The van der Waals surface area contributed by atoms with Gasteiger partial charge >= 0.3 is 0 Å². The van der Waals surface area contributed by atoms with Crippen LogP contribution in [-0.2, 0) is 23.5 Å². The normalized spacial score (nSPS) is 19.0. The number of ether oxygens (including phenoxy) is 1. The molecule has 2 aromatic carbocycles. The number of rotatable bonds is 18. The Labute approximate surface area is 255 Å². The molecule has 0 radical (unpaired) electrons. The second-order valence-electron chi connectivity index (χ2n) is 12.4. The van der Waals surface area contributed by atoms with E-state index in [0.717, 1.165) is 25.7 Å². The van der Waals surface area contributed by atoms with Crippen molar-refractivity contribution in [2.75, 3.05) is 11.8 Å². The van der Waals surface area contributed by atoms with Gasteiger partial charge in [-0.05, 0) is 34.7 Å². The van der Waals surface area contributed by atoms with Gasteiger partial charge in [-0.2, -0.15) is 8.42 Å². The number of alkyl halides is 1. The molecule has 2 aromatic rings. The Kier molecular flexibility index (Phi) is 13.9. The standard InChI is InChI=1S/C33H51ClO5SSi/c1-5-6-7-8-9-10-11-18-23-32(39-40(35,36)27-34)31-25-24-28(38-31)26-37-41(33(2,3)4,29-19-14-12-15-20-29)30-21-16-13-17-22-30/h12-17,19-22,28,31-32H,5-11,18,23-27H2,1-4H3/t28-,31-,32+/m0/s1. The summed E-state index contributed by atoms with van der Waals surface area (Å²) >= 11 is 5.71. The van der Waals surface area contributed by atoms with E-state index in [-0.39, 0.29) is 17.2 Å². The lowest BCUT2D eigenvalue weighted by molar-refractivity contribution is -0.0386. The molecule has 0 unspecified atom stereocenters. The minimum absolute atomic E-state index is 0.120. The van der Waals surface area contributed by atoms with Gasteiger partial charge in [0, 0.05) is 0 Å². The first kappa shape index (κ1) is 34.3. The van der Waals surface area contributed by atoms with E-state index in [4.69, 9.17) is 24.9 Å². The van der Waals surface area contributed by atoms with Crippen LogP contribution in [0.5, 0.6) is 0 Å². The quantitative estimate of drug-likeness (QED) is 0.0743. The summed E-state index contributed by atoms with van der Waals surface area (Å²) < 4.78 is 43.8. The second kappa shape index (κ2) is 16.6. The van der Waals surface area contributed by atoms with Crippen molar-refractivity contribution in [1.82, 2.24) is 0 Å². The highest BCUT2D eigenvalue weighted by Crippen LogP contribution is 2.38. The number of hydrogen-bond acceptors (Lipinski definition) is 5. The Morgan fingerprint density at radius 3 is 1.93 bits per heavy atom. The molecule has 0 N–H and O–H groups in total. The third-order valence-electron chi connectivity index (χ3n) is 8.20. The molecule has 0 amide bonds. The summed E-state index contributed by atoms with van der Waals surface area (Å²) in [5.41, 5.74) is 0. The zero-order valence-corrected chi connectivity index (χ0v) is 28.1. The van der Waals surface area contributed by atoms with Gasteiger partial charge in [-0.15, -0.1) is 11.6 Å². The first-order valence-electron chi connectivity index (χ1n) is 15.5. The largest absolute Gasteiger partial charge is 0.405 e. The monoisotopic (exact) mass is 622 g/mol. The van der Waals surface area contributed by atoms with Crippen molar-refractivity contribution < 1.29 is 21.8 Å². The van der Waals surface area contributed by atoms with Gasteiger partial charge in [-0.1, -0.05) is 140 Å². The molecule has 230 valence electrons. The molecular weight excluding hydrogens is 572 g/mol. The van der Waals surface area contributed by atoms with Crippen LogP contribution in [0.3, 0.4) is 0 Å². The fraction of sp³-hybridized carbons (Fsp3) is 0.636. The van der Waals surface area contributed by atoms with Crippen molar-refractivity contribution in [3.63, 3.8) is 0 Å². The minimum atomic E-state index is -3.80. The summed E-state index contributed by atoms with van der Waals surface area (Å²) in [6, 6.07) is 21.2. The summed E-state index contributed by atoms with van der Waals surface area (Å²) in [6.45, 7) is 9.48. The topological polar surface area (TPSA) is 61.8 Å². The van der Waals surface area contributed by atoms with Crippen LogP contribution in [0.4, 0.5) is 0 Å². The fourth-order valence-corrected chi connectivity index (χ4v) is 11.5. The fourth-order valence-electron chi connectivity index (χ4n) is 6.10. The van der Waals surface area contributed by atoms with Crippen molar-refractivity contribution in [3.8, 4) is 0 Å². The van der Waals surface area contributed by atoms with Gasteiger partial charge in [0.25, 0.3) is 18.4 Å². The lowest BCUT2D eigenvalue weighted by atomic mass is 10.0. The predicted molar refractivity (Wildman–Crippen MR) is 173 cm³/mol. The third-order valence-corrected chi connectivity index (χ3v) is 14.8. The summed E-state index contributed by atoms with van der Waals surface area (Å²) in [5, 5.41) is 1.80. The van der Waals surface area contributed by atoms with E-state index < -0.39 is 29.8 Å². The molecule has 1 saturated heterocycles. The maximum absolute atomic E-state index is 12.3. The van der Waals surface area contributed by atoms with E-state index in [2.05, 4.69) is 76.2 Å². The second-order valence-corrected chi connectivity index (χ2v) is 18.9. The van der Waals surface area contributed by atoms with E-state index in [9.17, 15) is 8.42 Å². The molecule has 1 heterocycles. The van der Waals surface area contributed by atoms with E-state index in [0.29, 0.717) is 13.0 Å². The summed E-state index contributed by atoms with van der Waals surface area (Å²) in [6.07, 6.45) is 10.8. The van der Waals surface area contributed by atoms with Gasteiger partial charge < -0.3 is 9.16 Å². The predicted octanol–water partition coefficient (Wildman–Crippen LogP) is 7.55. The molecule has 0 aromatic heterocycles. The number of halogens is 1. The Morgan fingerprint density at radius 2 is 1.41 bits per heavy atom. The molecule has 0 aliphatic carbocycles. The molecule has 1 fully saturated rings. The molecule has 8 heteroatoms. The first-order valence-corrected chi connectivity index (χ1v) is 19.5. The highest BCUT2D eigenvalue weighted by Gasteiger charge is 2.50. The minimum Gasteiger partial charge on any atom is -0.405 e. The zero-order chi connectivity index (χ0) is 29.8. The summed E-state index contributed by atoms with van der Waals surface area (Å²) in [7, 11) is -6.47. The summed E-state index contributed by atoms with van der Waals surface area (Å²) in [4.78, 5) is 0. The molecule has 1 aliphatic rings. The highest BCUT2D eigenvalue weighted by molar-refractivity contribution is 7.87. The van der Waals surface area contributed by atoms with Crippen molar-refractivity contribution >= 4 is 40.4 Å². The van der Waals surface area contributed by atoms with Crippen LogP contribution >= 0.6 is 11.6 Å². The van der Waals surface area contributed by atoms with Crippen LogP contribution in [0.15, 0.2) is 60.7 Å². The molecule has 1 aliphatic heterocycles. The van der Waals surface area contributed by atoms with Gasteiger partial charge in [0.1, 0.15) is 11.3 Å². The number of unbranched alkanes of at least 4 members (excludes halogenated alkanes) is 7. The van der Waals surface area contributed by atoms with Crippen LogP contribution in [0.1, 0.15) is 98.3 Å². The molecule has 5 nitrogen and oxygen atoms in total. The van der Waals surface area contributed by atoms with E-state index in [1.54, 1.807) is 0 Å². The lowest BCUT2D eigenvalue weighted by Gasteiger charge is -2.43. The first-order chi connectivity index (χ1) is 19.6. The van der Waals surface area contributed by atoms with Crippen LogP contribution < -0.4 is 10.4 Å². The van der Waals surface area contributed by atoms with Gasteiger partial charge in [0.15, 0.2) is 0 Å². The van der Waals surface area contributed by atoms with Gasteiger partial charge in [-0.3, -0.25) is 4.18 Å². The van der Waals surface area contributed by atoms with Crippen LogP contribution in [-0.4, -0.2) is 46.9 Å². The maximum atomic E-state index is 12.3. The molecular formula is C33H51ClO5SSi. The Balaban J connectivity index is 1.68. The van der Waals surface area contributed by atoms with Crippen LogP contribution in [0, 0.1) is 0 Å². The lowest BCUT2D eigenvalue weighted by Crippen LogP contribution is -2.67. The van der Waals surface area contributed by atoms with E-state index in [1.165, 1.54) is 48.9 Å². The maximum Gasteiger partial charge on any atom is 0.281 e. The third kappa shape index (κ3) is 9.90. The molecule has 0 spiro atoms. The van der Waals surface area contributed by atoms with Crippen molar-refractivity contribution in [1.29, 1.82) is 0 Å². The molecule has 3 atom stereocenters.